The van der Waals surface area contributed by atoms with Gasteiger partial charge in [-0.25, -0.2) is 9.78 Å². The summed E-state index contributed by atoms with van der Waals surface area (Å²) in [6.45, 7) is 4.16. The summed E-state index contributed by atoms with van der Waals surface area (Å²) in [4.78, 5) is 44.6. The molecule has 1 heterocycles. The second kappa shape index (κ2) is 14.1. The number of aromatic carboxylic acids is 1. The number of rotatable bonds is 14. The molecule has 0 spiro atoms. The van der Waals surface area contributed by atoms with Crippen LogP contribution >= 0.6 is 0 Å². The van der Waals surface area contributed by atoms with Crippen molar-refractivity contribution < 1.29 is 29.1 Å². The minimum atomic E-state index is -1.15. The van der Waals surface area contributed by atoms with Crippen molar-refractivity contribution in [3.05, 3.63) is 87.7 Å². The Morgan fingerprint density at radius 2 is 1.86 bits per heavy atom. The molecule has 0 aliphatic heterocycles. The first-order valence-electron chi connectivity index (χ1n) is 14.0. The number of ether oxygens (including phenoxy) is 2. The molecule has 0 atom stereocenters. The largest absolute Gasteiger partial charge is 0.497 e. The van der Waals surface area contributed by atoms with E-state index in [-0.39, 0.29) is 34.7 Å². The molecule has 0 aliphatic rings. The van der Waals surface area contributed by atoms with Gasteiger partial charge in [-0.15, -0.1) is 0 Å². The molecular weight excluding hydrogens is 552 g/mol. The summed E-state index contributed by atoms with van der Waals surface area (Å²) in [6.07, 6.45) is 5.65. The topological polar surface area (TPSA) is 157 Å². The second-order valence-electron chi connectivity index (χ2n) is 9.84. The van der Waals surface area contributed by atoms with Gasteiger partial charge in [-0.3, -0.25) is 14.9 Å². The predicted molar refractivity (Wildman–Crippen MR) is 163 cm³/mol. The molecule has 43 heavy (non-hydrogen) atoms. The van der Waals surface area contributed by atoms with Gasteiger partial charge in [0.25, 0.3) is 0 Å². The van der Waals surface area contributed by atoms with Gasteiger partial charge in [0.1, 0.15) is 23.0 Å². The highest BCUT2D eigenvalue weighted by atomic mass is 16.6. The number of nitrogens with one attached hydrogen (secondary N) is 2. The lowest BCUT2D eigenvalue weighted by Crippen LogP contribution is -2.15. The smallest absolute Gasteiger partial charge is 0.335 e. The zero-order valence-corrected chi connectivity index (χ0v) is 24.3. The Labute approximate surface area is 249 Å². The number of carbonyl (C=O) groups excluding carboxylic acids is 1. The fourth-order valence-electron chi connectivity index (χ4n) is 4.85. The van der Waals surface area contributed by atoms with E-state index < -0.39 is 16.8 Å². The number of nitro benzene ring substituents is 1. The fraction of sp³-hybridized carbons (Fsp3) is 0.281. The van der Waals surface area contributed by atoms with E-state index in [4.69, 9.17) is 9.47 Å². The van der Waals surface area contributed by atoms with Crippen LogP contribution in [0.4, 0.5) is 11.4 Å². The number of nitrogens with zero attached hydrogens (tertiary/aromatic N) is 2. The van der Waals surface area contributed by atoms with E-state index >= 15 is 0 Å². The summed E-state index contributed by atoms with van der Waals surface area (Å²) < 4.78 is 11.2. The Hall–Kier alpha value is -5.19. The van der Waals surface area contributed by atoms with Gasteiger partial charge in [0, 0.05) is 29.9 Å². The number of imidazole rings is 1. The van der Waals surface area contributed by atoms with Gasteiger partial charge in [0.15, 0.2) is 0 Å². The Bertz CT molecular complexity index is 1600. The number of aryl methyl sites for hydroxylation is 1. The number of nitro groups is 1. The van der Waals surface area contributed by atoms with Crippen LogP contribution in [0.25, 0.3) is 22.5 Å². The van der Waals surface area contributed by atoms with Gasteiger partial charge in [-0.05, 0) is 66.8 Å². The first kappa shape index (κ1) is 30.8. The first-order valence-corrected chi connectivity index (χ1v) is 14.0. The van der Waals surface area contributed by atoms with E-state index in [0.717, 1.165) is 12.0 Å². The normalized spacial score (nSPS) is 10.8. The molecular formula is C32H34N4O7. The molecule has 3 aromatic carbocycles. The number of carbonyl (C=O) groups is 2. The highest BCUT2D eigenvalue weighted by molar-refractivity contribution is 6.00. The Morgan fingerprint density at radius 1 is 1.09 bits per heavy atom. The second-order valence-corrected chi connectivity index (χ2v) is 9.84. The lowest BCUT2D eigenvalue weighted by molar-refractivity contribution is -0.383. The summed E-state index contributed by atoms with van der Waals surface area (Å²) in [6, 6.07) is 13.2. The monoisotopic (exact) mass is 586 g/mol. The van der Waals surface area contributed by atoms with Crippen molar-refractivity contribution in [1.82, 2.24) is 9.97 Å². The van der Waals surface area contributed by atoms with Crippen LogP contribution in [0.2, 0.25) is 0 Å². The first-order chi connectivity index (χ1) is 20.8. The number of aromatic amines is 1. The standard InChI is InChI=1S/C32H34N4O7/c1-4-6-17-43-27-18-21(32(38)39)10-13-24(27)29-23(5-2)25(31-33-15-16-34-31)19-26(30(29)36(40)41)35-28(37)14-9-20-7-11-22(42-3)12-8-20/h7-8,10-13,15-16,18-19H,4-6,9,14,17H2,1-3H3,(H,33,34)(H,35,37)(H,38,39). The van der Waals surface area contributed by atoms with Crippen molar-refractivity contribution >= 4 is 23.3 Å². The number of amides is 1. The van der Waals surface area contributed by atoms with Gasteiger partial charge in [-0.2, -0.15) is 0 Å². The molecule has 1 amide bonds. The molecule has 0 saturated heterocycles. The maximum absolute atomic E-state index is 13.2. The van der Waals surface area contributed by atoms with Crippen molar-refractivity contribution in [1.29, 1.82) is 0 Å². The number of H-pyrrole nitrogens is 1. The summed E-state index contributed by atoms with van der Waals surface area (Å²) in [5, 5.41) is 25.1. The molecule has 0 fully saturated rings. The summed E-state index contributed by atoms with van der Waals surface area (Å²) >= 11 is 0. The van der Waals surface area contributed by atoms with Crippen molar-refractivity contribution in [2.75, 3.05) is 19.0 Å². The molecule has 0 aliphatic carbocycles. The number of hydrogen-bond donors (Lipinski definition) is 3. The third-order valence-corrected chi connectivity index (χ3v) is 7.02. The molecule has 11 nitrogen and oxygen atoms in total. The van der Waals surface area contributed by atoms with Gasteiger partial charge in [-0.1, -0.05) is 32.4 Å². The van der Waals surface area contributed by atoms with Crippen LogP contribution in [0.1, 0.15) is 54.6 Å². The lowest BCUT2D eigenvalue weighted by atomic mass is 9.89. The van der Waals surface area contributed by atoms with E-state index in [9.17, 15) is 24.8 Å². The molecule has 11 heteroatoms. The highest BCUT2D eigenvalue weighted by Crippen LogP contribution is 2.47. The number of carboxylic acids is 1. The maximum atomic E-state index is 13.2. The van der Waals surface area contributed by atoms with E-state index in [0.29, 0.717) is 54.1 Å². The molecule has 4 aromatic rings. The zero-order valence-electron chi connectivity index (χ0n) is 24.3. The lowest BCUT2D eigenvalue weighted by Gasteiger charge is -2.19. The molecule has 0 radical (unpaired) electrons. The third kappa shape index (κ3) is 7.18. The van der Waals surface area contributed by atoms with Gasteiger partial charge in [0.05, 0.1) is 29.8 Å². The van der Waals surface area contributed by atoms with Crippen molar-refractivity contribution in [3.8, 4) is 34.0 Å². The van der Waals surface area contributed by atoms with Crippen LogP contribution in [0.5, 0.6) is 11.5 Å². The van der Waals surface area contributed by atoms with E-state index in [2.05, 4.69) is 15.3 Å². The van der Waals surface area contributed by atoms with Crippen LogP contribution in [-0.4, -0.2) is 45.6 Å². The molecule has 3 N–H and O–H groups in total. The molecule has 0 unspecified atom stereocenters. The summed E-state index contributed by atoms with van der Waals surface area (Å²) in [5.41, 5.74) is 2.35. The quantitative estimate of drug-likeness (QED) is 0.0840. The minimum Gasteiger partial charge on any atom is -0.497 e. The zero-order chi connectivity index (χ0) is 30.9. The molecule has 0 saturated carbocycles. The minimum absolute atomic E-state index is 0.00477. The van der Waals surface area contributed by atoms with Crippen LogP contribution in [-0.2, 0) is 17.6 Å². The summed E-state index contributed by atoms with van der Waals surface area (Å²) in [5.74, 6) is -0.171. The number of carboxylic acid groups (broad SMARTS) is 1. The van der Waals surface area contributed by atoms with Gasteiger partial charge < -0.3 is 24.9 Å². The average molecular weight is 587 g/mol. The summed E-state index contributed by atoms with van der Waals surface area (Å²) in [7, 11) is 1.57. The number of anilines is 1. The fourth-order valence-corrected chi connectivity index (χ4v) is 4.85. The Kier molecular flexibility index (Phi) is 10.1. The highest BCUT2D eigenvalue weighted by Gasteiger charge is 2.31. The Morgan fingerprint density at radius 3 is 2.47 bits per heavy atom. The number of unbranched alkanes of at least 4 members (excludes halogenated alkanes) is 1. The molecule has 0 bridgehead atoms. The van der Waals surface area contributed by atoms with Crippen LogP contribution in [0.15, 0.2) is 60.9 Å². The van der Waals surface area contributed by atoms with Gasteiger partial charge in [0.2, 0.25) is 5.91 Å². The molecule has 1 aromatic heterocycles. The number of hydrogen-bond acceptors (Lipinski definition) is 7. The van der Waals surface area contributed by atoms with Crippen LogP contribution < -0.4 is 14.8 Å². The predicted octanol–water partition coefficient (Wildman–Crippen LogP) is 6.67. The maximum Gasteiger partial charge on any atom is 0.335 e. The SMILES string of the molecule is CCCCOc1cc(C(=O)O)ccc1-c1c(CC)c(-c2ncc[nH]2)cc(NC(=O)CCc2ccc(OC)cc2)c1[N+](=O)[O-]. The van der Waals surface area contributed by atoms with E-state index in [1.165, 1.54) is 18.2 Å². The van der Waals surface area contributed by atoms with Crippen LogP contribution in [0, 0.1) is 10.1 Å². The van der Waals surface area contributed by atoms with Crippen molar-refractivity contribution in [2.45, 2.75) is 46.0 Å². The van der Waals surface area contributed by atoms with Gasteiger partial charge >= 0.3 is 11.7 Å². The van der Waals surface area contributed by atoms with Crippen molar-refractivity contribution in [3.63, 3.8) is 0 Å². The molecule has 4 rings (SSSR count). The Balaban J connectivity index is 1.85. The number of methoxy groups -OCH3 is 1. The molecule has 224 valence electrons. The van der Waals surface area contributed by atoms with E-state index in [1.807, 2.05) is 26.0 Å². The number of benzene rings is 3. The third-order valence-electron chi connectivity index (χ3n) is 7.02. The van der Waals surface area contributed by atoms with Crippen LogP contribution in [0.3, 0.4) is 0 Å². The van der Waals surface area contributed by atoms with E-state index in [1.54, 1.807) is 37.7 Å². The average Bonchev–Trinajstić information content (AvgIpc) is 3.54. The van der Waals surface area contributed by atoms with Crippen molar-refractivity contribution in [2.24, 2.45) is 0 Å². The number of aromatic nitrogens is 2.